The van der Waals surface area contributed by atoms with E-state index >= 15 is 0 Å². The zero-order valence-corrected chi connectivity index (χ0v) is 18.3. The minimum Gasteiger partial charge on any atom is -0.484 e. The van der Waals surface area contributed by atoms with Crippen LogP contribution < -0.4 is 10.1 Å². The first-order valence-electron chi connectivity index (χ1n) is 8.95. The van der Waals surface area contributed by atoms with Crippen LogP contribution in [0.1, 0.15) is 18.3 Å². The Balaban J connectivity index is 1.59. The van der Waals surface area contributed by atoms with E-state index in [2.05, 4.69) is 15.5 Å². The number of carbonyl (C=O) groups is 1. The molecule has 0 spiro atoms. The summed E-state index contributed by atoms with van der Waals surface area (Å²) in [6, 6.07) is 12.7. The maximum atomic E-state index is 12.2. The van der Waals surface area contributed by atoms with Gasteiger partial charge < -0.3 is 14.6 Å². The highest BCUT2D eigenvalue weighted by Crippen LogP contribution is 2.28. The van der Waals surface area contributed by atoms with E-state index in [0.717, 1.165) is 11.3 Å². The molecule has 1 aromatic heterocycles. The number of anilines is 1. The molecule has 6 nitrogen and oxygen atoms in total. The van der Waals surface area contributed by atoms with Gasteiger partial charge in [0.25, 0.3) is 0 Å². The molecule has 3 rings (SSSR count). The molecule has 29 heavy (non-hydrogen) atoms. The van der Waals surface area contributed by atoms with Crippen LogP contribution in [0.4, 0.5) is 5.69 Å². The summed E-state index contributed by atoms with van der Waals surface area (Å²) in [4.78, 5) is 12.2. The maximum Gasteiger partial charge on any atom is 0.234 e. The summed E-state index contributed by atoms with van der Waals surface area (Å²) < 4.78 is 7.66. The van der Waals surface area contributed by atoms with E-state index in [0.29, 0.717) is 33.3 Å². The molecule has 0 aliphatic rings. The summed E-state index contributed by atoms with van der Waals surface area (Å²) in [6.07, 6.45) is 0. The van der Waals surface area contributed by atoms with E-state index in [1.807, 2.05) is 42.7 Å². The van der Waals surface area contributed by atoms with Crippen molar-refractivity contribution >= 4 is 46.6 Å². The molecule has 0 radical (unpaired) electrons. The molecule has 0 atom stereocenters. The molecule has 1 heterocycles. The van der Waals surface area contributed by atoms with Gasteiger partial charge in [0, 0.05) is 17.3 Å². The summed E-state index contributed by atoms with van der Waals surface area (Å²) >= 11 is 13.4. The fraction of sp³-hybridized carbons (Fsp3) is 0.250. The highest BCUT2D eigenvalue weighted by molar-refractivity contribution is 7.99. The van der Waals surface area contributed by atoms with Crippen LogP contribution in [-0.2, 0) is 17.9 Å². The third kappa shape index (κ3) is 5.88. The Morgan fingerprint density at radius 1 is 1.21 bits per heavy atom. The van der Waals surface area contributed by atoms with Gasteiger partial charge in [-0.3, -0.25) is 4.79 Å². The summed E-state index contributed by atoms with van der Waals surface area (Å²) in [5.41, 5.74) is 1.87. The number of halogens is 2. The quantitative estimate of drug-likeness (QED) is 0.476. The van der Waals surface area contributed by atoms with Gasteiger partial charge in [-0.2, -0.15) is 0 Å². The van der Waals surface area contributed by atoms with E-state index in [1.54, 1.807) is 18.2 Å². The molecule has 0 unspecified atom stereocenters. The van der Waals surface area contributed by atoms with E-state index in [4.69, 9.17) is 27.9 Å². The van der Waals surface area contributed by atoms with Crippen LogP contribution in [-0.4, -0.2) is 26.4 Å². The molecule has 0 aliphatic heterocycles. The van der Waals surface area contributed by atoms with Crippen molar-refractivity contribution in [2.75, 3.05) is 11.1 Å². The number of hydrogen-bond acceptors (Lipinski definition) is 5. The lowest BCUT2D eigenvalue weighted by Gasteiger charge is -2.10. The molecular weight excluding hydrogens is 431 g/mol. The maximum absolute atomic E-state index is 12.2. The molecule has 0 saturated heterocycles. The van der Waals surface area contributed by atoms with Gasteiger partial charge in [-0.1, -0.05) is 47.1 Å². The number of aromatic nitrogens is 3. The smallest absolute Gasteiger partial charge is 0.234 e. The van der Waals surface area contributed by atoms with Gasteiger partial charge in [0.2, 0.25) is 5.91 Å². The van der Waals surface area contributed by atoms with E-state index in [-0.39, 0.29) is 18.3 Å². The Hall–Kier alpha value is -2.22. The Bertz CT molecular complexity index is 1010. The predicted octanol–water partition coefficient (Wildman–Crippen LogP) is 5.22. The van der Waals surface area contributed by atoms with Gasteiger partial charge in [0.05, 0.1) is 10.8 Å². The van der Waals surface area contributed by atoms with Crippen molar-refractivity contribution in [3.05, 3.63) is 63.9 Å². The van der Waals surface area contributed by atoms with Crippen molar-refractivity contribution in [1.29, 1.82) is 0 Å². The third-order valence-corrected chi connectivity index (χ3v) is 5.49. The van der Waals surface area contributed by atoms with Crippen LogP contribution >= 0.6 is 35.0 Å². The van der Waals surface area contributed by atoms with Crippen LogP contribution in [0.5, 0.6) is 5.75 Å². The molecule has 0 aliphatic carbocycles. The minimum absolute atomic E-state index is 0.100. The number of nitrogens with one attached hydrogen (secondary N) is 1. The topological polar surface area (TPSA) is 69.0 Å². The lowest BCUT2D eigenvalue weighted by molar-refractivity contribution is -0.113. The van der Waals surface area contributed by atoms with Crippen LogP contribution in [0.15, 0.2) is 47.6 Å². The molecule has 2 aromatic carbocycles. The highest BCUT2D eigenvalue weighted by Gasteiger charge is 2.14. The van der Waals surface area contributed by atoms with Crippen molar-refractivity contribution in [3.8, 4) is 5.75 Å². The number of rotatable bonds is 8. The second-order valence-corrected chi connectivity index (χ2v) is 8.00. The van der Waals surface area contributed by atoms with E-state index in [1.165, 1.54) is 11.8 Å². The first-order chi connectivity index (χ1) is 14.0. The normalized spacial score (nSPS) is 10.8. The highest BCUT2D eigenvalue weighted by atomic mass is 35.5. The van der Waals surface area contributed by atoms with Crippen molar-refractivity contribution in [3.63, 3.8) is 0 Å². The molecule has 0 fully saturated rings. The van der Waals surface area contributed by atoms with Crippen molar-refractivity contribution in [2.45, 2.75) is 32.2 Å². The second-order valence-electron chi connectivity index (χ2n) is 6.21. The number of nitrogens with zero attached hydrogens (tertiary/aromatic N) is 3. The molecule has 0 saturated carbocycles. The number of ether oxygens (including phenoxy) is 1. The molecular formula is C20H20Cl2N4O2S. The van der Waals surface area contributed by atoms with Gasteiger partial charge in [-0.05, 0) is 49.7 Å². The SMILES string of the molecule is CCn1c(COc2ccc(Cl)cc2Cl)nnc1SCC(=O)Nc1cccc(C)c1. The average molecular weight is 451 g/mol. The molecule has 0 bridgehead atoms. The Labute approximate surface area is 183 Å². The average Bonchev–Trinajstić information content (AvgIpc) is 3.07. The fourth-order valence-electron chi connectivity index (χ4n) is 2.63. The number of benzene rings is 2. The number of thioether (sulfide) groups is 1. The number of carbonyl (C=O) groups excluding carboxylic acids is 1. The van der Waals surface area contributed by atoms with Gasteiger partial charge >= 0.3 is 0 Å². The van der Waals surface area contributed by atoms with Crippen LogP contribution in [0.3, 0.4) is 0 Å². The molecule has 1 amide bonds. The van der Waals surface area contributed by atoms with Gasteiger partial charge in [-0.15, -0.1) is 10.2 Å². The zero-order chi connectivity index (χ0) is 20.8. The third-order valence-electron chi connectivity index (χ3n) is 3.99. The Morgan fingerprint density at radius 2 is 2.03 bits per heavy atom. The summed E-state index contributed by atoms with van der Waals surface area (Å²) in [6.45, 7) is 4.83. The molecule has 1 N–H and O–H groups in total. The zero-order valence-electron chi connectivity index (χ0n) is 16.0. The fourth-order valence-corrected chi connectivity index (χ4v) is 3.92. The lowest BCUT2D eigenvalue weighted by atomic mass is 10.2. The first kappa shape index (κ1) is 21.5. The largest absolute Gasteiger partial charge is 0.484 e. The van der Waals surface area contributed by atoms with Gasteiger partial charge in [0.1, 0.15) is 12.4 Å². The lowest BCUT2D eigenvalue weighted by Crippen LogP contribution is -2.15. The summed E-state index contributed by atoms with van der Waals surface area (Å²) in [5, 5.41) is 12.9. The molecule has 3 aromatic rings. The van der Waals surface area contributed by atoms with Crippen molar-refractivity contribution < 1.29 is 9.53 Å². The number of hydrogen-bond donors (Lipinski definition) is 1. The Morgan fingerprint density at radius 3 is 2.76 bits per heavy atom. The summed E-state index contributed by atoms with van der Waals surface area (Å²) in [5.74, 6) is 1.31. The van der Waals surface area contributed by atoms with E-state index < -0.39 is 0 Å². The van der Waals surface area contributed by atoms with Gasteiger partial charge in [-0.25, -0.2) is 0 Å². The van der Waals surface area contributed by atoms with Crippen LogP contribution in [0.2, 0.25) is 10.0 Å². The van der Waals surface area contributed by atoms with Crippen molar-refractivity contribution in [2.24, 2.45) is 0 Å². The molecule has 152 valence electrons. The van der Waals surface area contributed by atoms with Crippen molar-refractivity contribution in [1.82, 2.24) is 14.8 Å². The van der Waals surface area contributed by atoms with Crippen LogP contribution in [0, 0.1) is 6.92 Å². The van der Waals surface area contributed by atoms with E-state index in [9.17, 15) is 4.79 Å². The molecule has 9 heteroatoms. The Kier molecular flexibility index (Phi) is 7.41. The second kappa shape index (κ2) is 10.0. The first-order valence-corrected chi connectivity index (χ1v) is 10.7. The number of amides is 1. The standard InChI is InChI=1S/C20H20Cl2N4O2S/c1-3-26-18(11-28-17-8-7-14(21)10-16(17)22)24-25-20(26)29-12-19(27)23-15-6-4-5-13(2)9-15/h4-10H,3,11-12H2,1-2H3,(H,23,27). The summed E-state index contributed by atoms with van der Waals surface area (Å²) in [7, 11) is 0. The van der Waals surface area contributed by atoms with Crippen LogP contribution in [0.25, 0.3) is 0 Å². The minimum atomic E-state index is -0.100. The number of aryl methyl sites for hydroxylation is 1. The monoisotopic (exact) mass is 450 g/mol. The van der Waals surface area contributed by atoms with Gasteiger partial charge in [0.15, 0.2) is 11.0 Å². The predicted molar refractivity (Wildman–Crippen MR) is 117 cm³/mol.